The number of hydrogen-bond acceptors (Lipinski definition) is 3. The Balaban J connectivity index is 2.31. The van der Waals surface area contributed by atoms with Crippen LogP contribution in [0.4, 0.5) is 15.8 Å². The molecule has 5 heteroatoms. The molecule has 0 bridgehead atoms. The zero-order valence-corrected chi connectivity index (χ0v) is 12.1. The van der Waals surface area contributed by atoms with E-state index in [0.29, 0.717) is 16.4 Å². The van der Waals surface area contributed by atoms with E-state index in [-0.39, 0.29) is 5.82 Å². The Morgan fingerprint density at radius 2 is 2.00 bits per heavy atom. The van der Waals surface area contributed by atoms with Crippen molar-refractivity contribution in [1.82, 2.24) is 0 Å². The summed E-state index contributed by atoms with van der Waals surface area (Å²) in [6.45, 7) is 1.93. The zero-order valence-electron chi connectivity index (χ0n) is 11.2. The molecule has 2 rings (SSSR count). The lowest BCUT2D eigenvalue weighted by molar-refractivity contribution is 0.413. The van der Waals surface area contributed by atoms with E-state index in [0.717, 1.165) is 16.8 Å². The van der Waals surface area contributed by atoms with E-state index in [4.69, 9.17) is 22.7 Å². The molecule has 0 heterocycles. The quantitative estimate of drug-likeness (QED) is 0.846. The summed E-state index contributed by atoms with van der Waals surface area (Å²) < 4.78 is 18.3. The number of methoxy groups -OCH3 is 1. The minimum Gasteiger partial charge on any atom is -0.494 e. The third-order valence-corrected chi connectivity index (χ3v) is 3.15. The highest BCUT2D eigenvalue weighted by Gasteiger charge is 2.07. The van der Waals surface area contributed by atoms with Gasteiger partial charge in [0, 0.05) is 17.3 Å². The van der Waals surface area contributed by atoms with Gasteiger partial charge >= 0.3 is 0 Å². The van der Waals surface area contributed by atoms with Gasteiger partial charge < -0.3 is 15.8 Å². The number of hydrogen-bond donors (Lipinski definition) is 2. The Bertz CT molecular complexity index is 658. The van der Waals surface area contributed by atoms with Crippen LogP contribution in [0, 0.1) is 12.7 Å². The van der Waals surface area contributed by atoms with Crippen molar-refractivity contribution in [3.63, 3.8) is 0 Å². The predicted molar refractivity (Wildman–Crippen MR) is 83.3 cm³/mol. The summed E-state index contributed by atoms with van der Waals surface area (Å²) >= 11 is 4.97. The molecule has 20 heavy (non-hydrogen) atoms. The van der Waals surface area contributed by atoms with Gasteiger partial charge in [0.2, 0.25) is 0 Å². The molecule has 0 saturated carbocycles. The number of ether oxygens (including phenoxy) is 1. The SMILES string of the molecule is COc1cc(F)ccc1Nc1ccc(C(N)=S)c(C)c1. The van der Waals surface area contributed by atoms with E-state index < -0.39 is 0 Å². The van der Waals surface area contributed by atoms with Crippen molar-refractivity contribution in [2.24, 2.45) is 5.73 Å². The minimum atomic E-state index is -0.340. The topological polar surface area (TPSA) is 47.3 Å². The van der Waals surface area contributed by atoms with E-state index in [1.54, 1.807) is 6.07 Å². The van der Waals surface area contributed by atoms with Crippen molar-refractivity contribution in [2.45, 2.75) is 6.92 Å². The Morgan fingerprint density at radius 3 is 2.60 bits per heavy atom. The number of nitrogens with one attached hydrogen (secondary N) is 1. The molecule has 2 aromatic carbocycles. The van der Waals surface area contributed by atoms with Gasteiger partial charge in [0.25, 0.3) is 0 Å². The summed E-state index contributed by atoms with van der Waals surface area (Å²) in [5, 5.41) is 3.18. The first-order chi connectivity index (χ1) is 9.51. The molecule has 104 valence electrons. The first-order valence-corrected chi connectivity index (χ1v) is 6.43. The summed E-state index contributed by atoms with van der Waals surface area (Å²) in [5.41, 5.74) is 8.99. The Labute approximate surface area is 122 Å². The molecule has 0 aliphatic carbocycles. The molecular formula is C15H15FN2OS. The van der Waals surface area contributed by atoms with Crippen LogP contribution in [0.25, 0.3) is 0 Å². The first kappa shape index (κ1) is 14.3. The van der Waals surface area contributed by atoms with E-state index >= 15 is 0 Å². The Morgan fingerprint density at radius 1 is 1.25 bits per heavy atom. The molecular weight excluding hydrogens is 275 g/mol. The van der Waals surface area contributed by atoms with Crippen LogP contribution >= 0.6 is 12.2 Å². The normalized spacial score (nSPS) is 10.2. The van der Waals surface area contributed by atoms with Crippen molar-refractivity contribution < 1.29 is 9.13 Å². The van der Waals surface area contributed by atoms with Gasteiger partial charge in [-0.1, -0.05) is 12.2 Å². The van der Waals surface area contributed by atoms with Crippen LogP contribution in [0.2, 0.25) is 0 Å². The zero-order chi connectivity index (χ0) is 14.7. The summed E-state index contributed by atoms with van der Waals surface area (Å²) in [6.07, 6.45) is 0. The van der Waals surface area contributed by atoms with Gasteiger partial charge in [-0.25, -0.2) is 4.39 Å². The van der Waals surface area contributed by atoms with Crippen LogP contribution < -0.4 is 15.8 Å². The number of anilines is 2. The van der Waals surface area contributed by atoms with Gasteiger partial charge in [0.05, 0.1) is 12.8 Å². The summed E-state index contributed by atoms with van der Waals surface area (Å²) in [7, 11) is 1.50. The lowest BCUT2D eigenvalue weighted by atomic mass is 10.1. The molecule has 3 nitrogen and oxygen atoms in total. The molecule has 0 radical (unpaired) electrons. The largest absolute Gasteiger partial charge is 0.494 e. The maximum absolute atomic E-state index is 13.1. The van der Waals surface area contributed by atoms with Crippen molar-refractivity contribution in [2.75, 3.05) is 12.4 Å². The van der Waals surface area contributed by atoms with Crippen molar-refractivity contribution in [1.29, 1.82) is 0 Å². The molecule has 0 amide bonds. The van der Waals surface area contributed by atoms with Gasteiger partial charge in [0.1, 0.15) is 16.6 Å². The smallest absolute Gasteiger partial charge is 0.145 e. The van der Waals surface area contributed by atoms with Crippen molar-refractivity contribution in [3.8, 4) is 5.75 Å². The second-order valence-corrected chi connectivity index (χ2v) is 4.80. The molecule has 3 N–H and O–H groups in total. The highest BCUT2D eigenvalue weighted by Crippen LogP contribution is 2.29. The van der Waals surface area contributed by atoms with Crippen molar-refractivity contribution >= 4 is 28.6 Å². The first-order valence-electron chi connectivity index (χ1n) is 6.02. The van der Waals surface area contributed by atoms with E-state index in [1.165, 1.54) is 19.2 Å². The van der Waals surface area contributed by atoms with Gasteiger partial charge in [-0.3, -0.25) is 0 Å². The average Bonchev–Trinajstić information content (AvgIpc) is 2.40. The Hall–Kier alpha value is -2.14. The van der Waals surface area contributed by atoms with Gasteiger partial charge in [-0.15, -0.1) is 0 Å². The standard InChI is InChI=1S/C15H15FN2OS/c1-9-7-11(4-5-12(9)15(17)20)18-13-6-3-10(16)8-14(13)19-2/h3-8,18H,1-2H3,(H2,17,20). The van der Waals surface area contributed by atoms with Crippen LogP contribution in [0.5, 0.6) is 5.75 Å². The molecule has 0 saturated heterocycles. The fourth-order valence-electron chi connectivity index (χ4n) is 1.94. The number of nitrogens with two attached hydrogens (primary N) is 1. The molecule has 0 aliphatic rings. The third kappa shape index (κ3) is 3.05. The van der Waals surface area contributed by atoms with Gasteiger partial charge in [-0.2, -0.15) is 0 Å². The lowest BCUT2D eigenvalue weighted by Crippen LogP contribution is -2.11. The summed E-state index contributed by atoms with van der Waals surface area (Å²) in [5.74, 6) is 0.105. The van der Waals surface area contributed by atoms with Crippen LogP contribution in [-0.4, -0.2) is 12.1 Å². The number of benzene rings is 2. The molecule has 0 aromatic heterocycles. The molecule has 0 fully saturated rings. The summed E-state index contributed by atoms with van der Waals surface area (Å²) in [6, 6.07) is 9.99. The van der Waals surface area contributed by atoms with Gasteiger partial charge in [0.15, 0.2) is 0 Å². The maximum Gasteiger partial charge on any atom is 0.145 e. The van der Waals surface area contributed by atoms with Crippen molar-refractivity contribution in [3.05, 3.63) is 53.3 Å². The third-order valence-electron chi connectivity index (χ3n) is 2.93. The van der Waals surface area contributed by atoms with Crippen LogP contribution in [0.3, 0.4) is 0 Å². The highest BCUT2D eigenvalue weighted by molar-refractivity contribution is 7.80. The number of rotatable bonds is 4. The number of thiocarbonyl (C=S) groups is 1. The molecule has 0 atom stereocenters. The highest BCUT2D eigenvalue weighted by atomic mass is 32.1. The van der Waals surface area contributed by atoms with E-state index in [2.05, 4.69) is 5.32 Å². The van der Waals surface area contributed by atoms with Crippen LogP contribution in [0.1, 0.15) is 11.1 Å². The second kappa shape index (κ2) is 5.88. The van der Waals surface area contributed by atoms with Gasteiger partial charge in [-0.05, 0) is 42.8 Å². The second-order valence-electron chi connectivity index (χ2n) is 4.36. The average molecular weight is 290 g/mol. The lowest BCUT2D eigenvalue weighted by Gasteiger charge is -2.13. The van der Waals surface area contributed by atoms with Crippen LogP contribution in [0.15, 0.2) is 36.4 Å². The molecule has 0 spiro atoms. The molecule has 2 aromatic rings. The maximum atomic E-state index is 13.1. The fourth-order valence-corrected chi connectivity index (χ4v) is 2.17. The monoisotopic (exact) mass is 290 g/mol. The molecule has 0 aliphatic heterocycles. The van der Waals surface area contributed by atoms with E-state index in [1.807, 2.05) is 25.1 Å². The number of aryl methyl sites for hydroxylation is 1. The summed E-state index contributed by atoms with van der Waals surface area (Å²) in [4.78, 5) is 0.369. The number of halogens is 1. The Kier molecular flexibility index (Phi) is 4.20. The predicted octanol–water partition coefficient (Wildman–Crippen LogP) is 3.52. The van der Waals surface area contributed by atoms with Crippen LogP contribution in [-0.2, 0) is 0 Å². The molecule has 0 unspecified atom stereocenters. The minimum absolute atomic E-state index is 0.340. The van der Waals surface area contributed by atoms with E-state index in [9.17, 15) is 4.39 Å². The fraction of sp³-hybridized carbons (Fsp3) is 0.133.